The van der Waals surface area contributed by atoms with Crippen molar-refractivity contribution in [1.29, 1.82) is 0 Å². The molecule has 2 N–H and O–H groups in total. The van der Waals surface area contributed by atoms with Gasteiger partial charge in [0.25, 0.3) is 5.91 Å². The van der Waals surface area contributed by atoms with Gasteiger partial charge in [-0.2, -0.15) is 0 Å². The van der Waals surface area contributed by atoms with Crippen LogP contribution in [0.3, 0.4) is 0 Å². The summed E-state index contributed by atoms with van der Waals surface area (Å²) in [6.07, 6.45) is 1.42. The number of aromatic hydroxyl groups is 1. The lowest BCUT2D eigenvalue weighted by Crippen LogP contribution is -2.35. The summed E-state index contributed by atoms with van der Waals surface area (Å²) in [5, 5.41) is 13.2. The Morgan fingerprint density at radius 3 is 2.72 bits per heavy atom. The summed E-state index contributed by atoms with van der Waals surface area (Å²) in [7, 11) is -3.21. The molecule has 96 valence electrons. The van der Waals surface area contributed by atoms with E-state index >= 15 is 0 Å². The van der Waals surface area contributed by atoms with Gasteiger partial charge in [-0.3, -0.25) is 4.79 Å². The lowest BCUT2D eigenvalue weighted by atomic mass is 10.2. The Kier molecular flexibility index (Phi) is 3.45. The summed E-state index contributed by atoms with van der Waals surface area (Å²) >= 11 is 3.17. The Hall–Kier alpha value is -1.34. The van der Waals surface area contributed by atoms with Gasteiger partial charge >= 0.3 is 0 Å². The molecule has 0 fully saturated rings. The van der Waals surface area contributed by atoms with Gasteiger partial charge in [0.1, 0.15) is 5.75 Å². The highest BCUT2D eigenvalue weighted by atomic mass is 79.9. The quantitative estimate of drug-likeness (QED) is 0.852. The first-order valence-electron chi connectivity index (χ1n) is 5.08. The number of carbonyl (C=O) groups is 1. The summed E-state index contributed by atoms with van der Waals surface area (Å²) in [5.74, 6) is -0.811. The fourth-order valence-electron chi connectivity index (χ4n) is 1.61. The third kappa shape index (κ3) is 2.91. The number of hydrogen-bond donors (Lipinski definition) is 2. The highest BCUT2D eigenvalue weighted by Gasteiger charge is 2.24. The first kappa shape index (κ1) is 13.1. The van der Waals surface area contributed by atoms with E-state index in [1.54, 1.807) is 6.07 Å². The smallest absolute Gasteiger partial charge is 0.255 e. The molecule has 1 aliphatic heterocycles. The molecule has 0 saturated heterocycles. The molecule has 0 bridgehead atoms. The zero-order chi connectivity index (χ0) is 13.3. The Bertz CT molecular complexity index is 624. The minimum Gasteiger partial charge on any atom is -0.507 e. The number of benzene rings is 1. The van der Waals surface area contributed by atoms with Gasteiger partial charge in [-0.05, 0) is 24.3 Å². The maximum Gasteiger partial charge on any atom is 0.255 e. The standard InChI is InChI=1S/C11H10BrNO4S/c12-7-1-2-9(10(14)5-7)11(15)13-8-3-4-18(16,17)6-8/h1-5,8,14H,6H2,(H,13,15). The maximum atomic E-state index is 11.8. The van der Waals surface area contributed by atoms with Crippen molar-refractivity contribution in [3.05, 3.63) is 39.7 Å². The van der Waals surface area contributed by atoms with Crippen LogP contribution in [0.1, 0.15) is 10.4 Å². The predicted octanol–water partition coefficient (Wildman–Crippen LogP) is 1.20. The number of hydrogen-bond acceptors (Lipinski definition) is 4. The molecule has 1 aliphatic rings. The number of carbonyl (C=O) groups excluding carboxylic acids is 1. The number of sulfone groups is 1. The minimum atomic E-state index is -3.21. The molecule has 0 spiro atoms. The van der Waals surface area contributed by atoms with Gasteiger partial charge in [0.2, 0.25) is 0 Å². The topological polar surface area (TPSA) is 83.5 Å². The van der Waals surface area contributed by atoms with Crippen LogP contribution in [0.15, 0.2) is 34.2 Å². The third-order valence-corrected chi connectivity index (χ3v) is 4.34. The number of rotatable bonds is 2. The minimum absolute atomic E-state index is 0.107. The average molecular weight is 332 g/mol. The van der Waals surface area contributed by atoms with E-state index in [1.807, 2.05) is 0 Å². The van der Waals surface area contributed by atoms with E-state index in [9.17, 15) is 18.3 Å². The lowest BCUT2D eigenvalue weighted by Gasteiger charge is -2.11. The fourth-order valence-corrected chi connectivity index (χ4v) is 3.19. The van der Waals surface area contributed by atoms with Gasteiger partial charge < -0.3 is 10.4 Å². The van der Waals surface area contributed by atoms with E-state index in [-0.39, 0.29) is 17.1 Å². The van der Waals surface area contributed by atoms with Crippen LogP contribution in [-0.4, -0.2) is 31.2 Å². The molecule has 18 heavy (non-hydrogen) atoms. The molecule has 0 aliphatic carbocycles. The molecule has 0 saturated carbocycles. The van der Waals surface area contributed by atoms with E-state index in [1.165, 1.54) is 18.2 Å². The molecule has 1 atom stereocenters. The van der Waals surface area contributed by atoms with Gasteiger partial charge in [-0.1, -0.05) is 15.9 Å². The molecule has 1 heterocycles. The van der Waals surface area contributed by atoms with Gasteiger partial charge in [-0.15, -0.1) is 0 Å². The molecular weight excluding hydrogens is 322 g/mol. The van der Waals surface area contributed by atoms with E-state index in [4.69, 9.17) is 0 Å². The first-order chi connectivity index (χ1) is 8.37. The van der Waals surface area contributed by atoms with E-state index in [2.05, 4.69) is 21.2 Å². The van der Waals surface area contributed by atoms with Crippen LogP contribution in [0.2, 0.25) is 0 Å². The van der Waals surface area contributed by atoms with Crippen molar-refractivity contribution in [2.75, 3.05) is 5.75 Å². The lowest BCUT2D eigenvalue weighted by molar-refractivity contribution is 0.0945. The second-order valence-corrected chi connectivity index (χ2v) is 6.75. The molecule has 0 radical (unpaired) electrons. The Balaban J connectivity index is 2.12. The number of amides is 1. The van der Waals surface area contributed by atoms with E-state index < -0.39 is 21.8 Å². The first-order valence-corrected chi connectivity index (χ1v) is 7.58. The molecule has 5 nitrogen and oxygen atoms in total. The molecule has 1 unspecified atom stereocenters. The van der Waals surface area contributed by atoms with Crippen molar-refractivity contribution in [3.63, 3.8) is 0 Å². The predicted molar refractivity (Wildman–Crippen MR) is 70.0 cm³/mol. The highest BCUT2D eigenvalue weighted by Crippen LogP contribution is 2.22. The van der Waals surface area contributed by atoms with E-state index in [0.29, 0.717) is 4.47 Å². The van der Waals surface area contributed by atoms with Crippen molar-refractivity contribution in [1.82, 2.24) is 5.32 Å². The number of halogens is 1. The van der Waals surface area contributed by atoms with Crippen LogP contribution in [0, 0.1) is 0 Å². The van der Waals surface area contributed by atoms with Gasteiger partial charge in [0.05, 0.1) is 17.4 Å². The van der Waals surface area contributed by atoms with Crippen molar-refractivity contribution < 1.29 is 18.3 Å². The monoisotopic (exact) mass is 331 g/mol. The average Bonchev–Trinajstić information content (AvgIpc) is 2.57. The molecule has 1 aromatic carbocycles. The number of nitrogens with one attached hydrogen (secondary N) is 1. The highest BCUT2D eigenvalue weighted by molar-refractivity contribution is 9.10. The number of phenols is 1. The van der Waals surface area contributed by atoms with Crippen LogP contribution < -0.4 is 5.32 Å². The summed E-state index contributed by atoms with van der Waals surface area (Å²) in [5.41, 5.74) is 0.107. The van der Waals surface area contributed by atoms with Crippen molar-refractivity contribution in [3.8, 4) is 5.75 Å². The normalized spacial score (nSPS) is 20.8. The largest absolute Gasteiger partial charge is 0.507 e. The van der Waals surface area contributed by atoms with Crippen LogP contribution in [0.25, 0.3) is 0 Å². The molecule has 2 rings (SSSR count). The summed E-state index contributed by atoms with van der Waals surface area (Å²) in [6.45, 7) is 0. The summed E-state index contributed by atoms with van der Waals surface area (Å²) in [4.78, 5) is 11.8. The third-order valence-electron chi connectivity index (χ3n) is 2.45. The molecular formula is C11H10BrNO4S. The van der Waals surface area contributed by atoms with Crippen molar-refractivity contribution in [2.45, 2.75) is 6.04 Å². The SMILES string of the molecule is O=C(NC1C=CS(=O)(=O)C1)c1ccc(Br)cc1O. The van der Waals surface area contributed by atoms with E-state index in [0.717, 1.165) is 5.41 Å². The van der Waals surface area contributed by atoms with Gasteiger partial charge in [-0.25, -0.2) is 8.42 Å². The molecule has 0 aromatic heterocycles. The van der Waals surface area contributed by atoms with Crippen LogP contribution in [-0.2, 0) is 9.84 Å². The Morgan fingerprint density at radius 1 is 1.44 bits per heavy atom. The molecule has 1 amide bonds. The Labute approximate surface area is 113 Å². The molecule has 7 heteroatoms. The second-order valence-electron chi connectivity index (χ2n) is 3.90. The Morgan fingerprint density at radius 2 is 2.17 bits per heavy atom. The van der Waals surface area contributed by atoms with Gasteiger partial charge in [0.15, 0.2) is 9.84 Å². The summed E-state index contributed by atoms with van der Waals surface area (Å²) < 4.78 is 23.0. The second kappa shape index (κ2) is 4.74. The molecule has 1 aromatic rings. The van der Waals surface area contributed by atoms with Crippen molar-refractivity contribution >= 4 is 31.7 Å². The van der Waals surface area contributed by atoms with Crippen LogP contribution in [0.5, 0.6) is 5.75 Å². The number of phenolic OH excluding ortho intramolecular Hbond substituents is 1. The van der Waals surface area contributed by atoms with Crippen LogP contribution in [0.4, 0.5) is 0 Å². The van der Waals surface area contributed by atoms with Crippen molar-refractivity contribution in [2.24, 2.45) is 0 Å². The zero-order valence-electron chi connectivity index (χ0n) is 9.13. The fraction of sp³-hybridized carbons (Fsp3) is 0.182. The van der Waals surface area contributed by atoms with Gasteiger partial charge in [0, 0.05) is 9.88 Å². The zero-order valence-corrected chi connectivity index (χ0v) is 11.5. The summed E-state index contributed by atoms with van der Waals surface area (Å²) in [6, 6.07) is 3.93. The van der Waals surface area contributed by atoms with Crippen LogP contribution >= 0.6 is 15.9 Å². The maximum absolute atomic E-state index is 11.8.